The van der Waals surface area contributed by atoms with Crippen LogP contribution in [0.15, 0.2) is 29.2 Å². The third-order valence-corrected chi connectivity index (χ3v) is 6.80. The Kier molecular flexibility index (Phi) is 8.10. The second-order valence-electron chi connectivity index (χ2n) is 7.09. The summed E-state index contributed by atoms with van der Waals surface area (Å²) in [6.45, 7) is 4.97. The van der Waals surface area contributed by atoms with Crippen molar-refractivity contribution in [2.45, 2.75) is 76.2 Å². The van der Waals surface area contributed by atoms with E-state index in [1.165, 1.54) is 17.1 Å². The molecule has 1 amide bonds. The number of rotatable bonds is 8. The van der Waals surface area contributed by atoms with Gasteiger partial charge in [0, 0.05) is 24.7 Å². The van der Waals surface area contributed by atoms with Gasteiger partial charge in [-0.15, -0.1) is 0 Å². The van der Waals surface area contributed by atoms with Gasteiger partial charge in [0.05, 0.1) is 4.90 Å². The molecule has 2 rings (SSSR count). The number of carbonyl (C=O) groups is 1. The molecule has 6 heteroatoms. The molecule has 0 saturated heterocycles. The zero-order chi connectivity index (χ0) is 19.0. The van der Waals surface area contributed by atoms with Gasteiger partial charge >= 0.3 is 0 Å². The van der Waals surface area contributed by atoms with Crippen molar-refractivity contribution in [3.63, 3.8) is 0 Å². The van der Waals surface area contributed by atoms with Gasteiger partial charge in [0.1, 0.15) is 0 Å². The number of nitrogens with zero attached hydrogens (tertiary/aromatic N) is 1. The Morgan fingerprint density at radius 3 is 2.04 bits per heavy atom. The van der Waals surface area contributed by atoms with Crippen molar-refractivity contribution < 1.29 is 13.2 Å². The van der Waals surface area contributed by atoms with Crippen molar-refractivity contribution in [3.8, 4) is 0 Å². The SMILES string of the molecule is CCCN(CCC)S(=O)(=O)c1ccc(C(=O)NC2CCCCCC2)cc1. The highest BCUT2D eigenvalue weighted by molar-refractivity contribution is 7.89. The fraction of sp³-hybridized carbons (Fsp3) is 0.650. The van der Waals surface area contributed by atoms with E-state index in [9.17, 15) is 13.2 Å². The molecule has 0 heterocycles. The molecule has 1 aromatic rings. The van der Waals surface area contributed by atoms with Crippen molar-refractivity contribution in [2.75, 3.05) is 13.1 Å². The average Bonchev–Trinajstić information content (AvgIpc) is 2.90. The number of hydrogen-bond donors (Lipinski definition) is 1. The Morgan fingerprint density at radius 1 is 1.00 bits per heavy atom. The Labute approximate surface area is 158 Å². The minimum atomic E-state index is -3.50. The highest BCUT2D eigenvalue weighted by Gasteiger charge is 2.23. The van der Waals surface area contributed by atoms with Gasteiger partial charge in [-0.3, -0.25) is 4.79 Å². The van der Waals surface area contributed by atoms with Crippen LogP contribution in [-0.4, -0.2) is 37.8 Å². The lowest BCUT2D eigenvalue weighted by molar-refractivity contribution is 0.0933. The lowest BCUT2D eigenvalue weighted by Crippen LogP contribution is -2.34. The molecule has 1 aliphatic rings. The molecule has 0 radical (unpaired) electrons. The molecule has 0 atom stereocenters. The smallest absolute Gasteiger partial charge is 0.251 e. The summed E-state index contributed by atoms with van der Waals surface area (Å²) in [7, 11) is -3.50. The molecule has 1 fully saturated rings. The maximum Gasteiger partial charge on any atom is 0.251 e. The molecule has 26 heavy (non-hydrogen) atoms. The van der Waals surface area contributed by atoms with Crippen LogP contribution in [0.4, 0.5) is 0 Å². The van der Waals surface area contributed by atoms with Gasteiger partial charge in [-0.2, -0.15) is 4.31 Å². The number of carbonyl (C=O) groups excluding carboxylic acids is 1. The summed E-state index contributed by atoms with van der Waals surface area (Å²) in [4.78, 5) is 12.7. The predicted octanol–water partition coefficient (Wildman–Crippen LogP) is 3.95. The maximum atomic E-state index is 12.8. The van der Waals surface area contributed by atoms with Gasteiger partial charge in [0.2, 0.25) is 10.0 Å². The fourth-order valence-corrected chi connectivity index (χ4v) is 5.09. The molecule has 0 spiro atoms. The van der Waals surface area contributed by atoms with Crippen LogP contribution in [0, 0.1) is 0 Å². The van der Waals surface area contributed by atoms with Gasteiger partial charge in [-0.05, 0) is 49.9 Å². The quantitative estimate of drug-likeness (QED) is 0.695. The Morgan fingerprint density at radius 2 is 1.54 bits per heavy atom. The van der Waals surface area contributed by atoms with E-state index in [0.29, 0.717) is 18.7 Å². The molecule has 1 saturated carbocycles. The predicted molar refractivity (Wildman–Crippen MR) is 105 cm³/mol. The molecular formula is C20H32N2O3S. The molecule has 5 nitrogen and oxygen atoms in total. The monoisotopic (exact) mass is 380 g/mol. The molecule has 1 N–H and O–H groups in total. The molecule has 1 aromatic carbocycles. The first-order valence-electron chi connectivity index (χ1n) is 9.90. The van der Waals surface area contributed by atoms with E-state index in [1.54, 1.807) is 24.3 Å². The molecule has 1 aliphatic carbocycles. The third kappa shape index (κ3) is 5.55. The van der Waals surface area contributed by atoms with E-state index in [1.807, 2.05) is 13.8 Å². The Balaban J connectivity index is 2.07. The maximum absolute atomic E-state index is 12.8. The van der Waals surface area contributed by atoms with Crippen LogP contribution in [0.3, 0.4) is 0 Å². The molecule has 0 unspecified atom stereocenters. The fourth-order valence-electron chi connectivity index (χ4n) is 3.47. The number of amides is 1. The first-order chi connectivity index (χ1) is 12.5. The minimum absolute atomic E-state index is 0.111. The lowest BCUT2D eigenvalue weighted by atomic mass is 10.1. The second kappa shape index (κ2) is 10.1. The Bertz CT molecular complexity index is 657. The minimum Gasteiger partial charge on any atom is -0.349 e. The van der Waals surface area contributed by atoms with Gasteiger partial charge in [-0.25, -0.2) is 8.42 Å². The van der Waals surface area contributed by atoms with Crippen LogP contribution < -0.4 is 5.32 Å². The van der Waals surface area contributed by atoms with Crippen LogP contribution in [0.25, 0.3) is 0 Å². The van der Waals surface area contributed by atoms with E-state index in [0.717, 1.165) is 38.5 Å². The lowest BCUT2D eigenvalue weighted by Gasteiger charge is -2.21. The zero-order valence-corrected chi connectivity index (χ0v) is 16.9. The zero-order valence-electron chi connectivity index (χ0n) is 16.0. The molecule has 0 bridgehead atoms. The summed E-state index contributed by atoms with van der Waals surface area (Å²) in [6.07, 6.45) is 8.42. The normalized spacial score (nSPS) is 16.4. The van der Waals surface area contributed by atoms with E-state index in [2.05, 4.69) is 5.32 Å². The van der Waals surface area contributed by atoms with Gasteiger partial charge < -0.3 is 5.32 Å². The number of nitrogens with one attached hydrogen (secondary N) is 1. The highest BCUT2D eigenvalue weighted by atomic mass is 32.2. The number of hydrogen-bond acceptors (Lipinski definition) is 3. The largest absolute Gasteiger partial charge is 0.349 e. The van der Waals surface area contributed by atoms with Crippen LogP contribution in [-0.2, 0) is 10.0 Å². The molecule has 0 aromatic heterocycles. The average molecular weight is 381 g/mol. The van der Waals surface area contributed by atoms with E-state index < -0.39 is 10.0 Å². The number of sulfonamides is 1. The topological polar surface area (TPSA) is 66.5 Å². The first kappa shape index (κ1) is 20.9. The van der Waals surface area contributed by atoms with E-state index in [4.69, 9.17) is 0 Å². The van der Waals surface area contributed by atoms with E-state index in [-0.39, 0.29) is 16.8 Å². The third-order valence-electron chi connectivity index (χ3n) is 4.89. The van der Waals surface area contributed by atoms with Crippen LogP contribution in [0.2, 0.25) is 0 Å². The van der Waals surface area contributed by atoms with Crippen molar-refractivity contribution >= 4 is 15.9 Å². The molecule has 146 valence electrons. The van der Waals surface area contributed by atoms with Crippen LogP contribution in [0.1, 0.15) is 75.6 Å². The second-order valence-corrected chi connectivity index (χ2v) is 9.03. The standard InChI is InChI=1S/C20H32N2O3S/c1-3-15-22(16-4-2)26(24,25)19-13-11-17(12-14-19)20(23)21-18-9-7-5-6-8-10-18/h11-14,18H,3-10,15-16H2,1-2H3,(H,21,23). The molecular weight excluding hydrogens is 348 g/mol. The van der Waals surface area contributed by atoms with Gasteiger partial charge in [0.25, 0.3) is 5.91 Å². The van der Waals surface area contributed by atoms with Crippen molar-refractivity contribution in [1.82, 2.24) is 9.62 Å². The van der Waals surface area contributed by atoms with Crippen molar-refractivity contribution in [3.05, 3.63) is 29.8 Å². The summed E-state index contributed by atoms with van der Waals surface area (Å²) in [5.41, 5.74) is 0.519. The summed E-state index contributed by atoms with van der Waals surface area (Å²) in [5, 5.41) is 3.10. The Hall–Kier alpha value is -1.40. The first-order valence-corrected chi connectivity index (χ1v) is 11.3. The summed E-state index contributed by atoms with van der Waals surface area (Å²) in [5.74, 6) is -0.111. The van der Waals surface area contributed by atoms with E-state index >= 15 is 0 Å². The number of benzene rings is 1. The highest BCUT2D eigenvalue weighted by Crippen LogP contribution is 2.19. The van der Waals surface area contributed by atoms with Crippen LogP contribution in [0.5, 0.6) is 0 Å². The molecule has 0 aliphatic heterocycles. The van der Waals surface area contributed by atoms with Gasteiger partial charge in [0.15, 0.2) is 0 Å². The van der Waals surface area contributed by atoms with Crippen molar-refractivity contribution in [1.29, 1.82) is 0 Å². The van der Waals surface area contributed by atoms with Gasteiger partial charge in [-0.1, -0.05) is 39.5 Å². The summed E-state index contributed by atoms with van der Waals surface area (Å²) in [6, 6.07) is 6.58. The van der Waals surface area contributed by atoms with Crippen LogP contribution >= 0.6 is 0 Å². The summed E-state index contributed by atoms with van der Waals surface area (Å²) >= 11 is 0. The van der Waals surface area contributed by atoms with Crippen molar-refractivity contribution in [2.24, 2.45) is 0 Å². The summed E-state index contributed by atoms with van der Waals surface area (Å²) < 4.78 is 27.1.